The molecule has 1 aliphatic carbocycles. The van der Waals surface area contributed by atoms with Gasteiger partial charge in [0.25, 0.3) is 0 Å². The Morgan fingerprint density at radius 3 is 1.55 bits per heavy atom. The van der Waals surface area contributed by atoms with E-state index in [1.807, 2.05) is 0 Å². The quantitative estimate of drug-likeness (QED) is 0.127. The van der Waals surface area contributed by atoms with Crippen molar-refractivity contribution in [1.29, 1.82) is 0 Å². The summed E-state index contributed by atoms with van der Waals surface area (Å²) in [5.74, 6) is 0.675. The fraction of sp³-hybridized carbons (Fsp3) is 0.348. The van der Waals surface area contributed by atoms with Gasteiger partial charge >= 0.3 is 137 Å². The van der Waals surface area contributed by atoms with Gasteiger partial charge in [-0.05, 0) is 17.4 Å². The number of aryl methyl sites for hydroxylation is 2. The summed E-state index contributed by atoms with van der Waals surface area (Å²) in [6.45, 7) is 22.5. The minimum absolute atomic E-state index is 0. The van der Waals surface area contributed by atoms with Crippen LogP contribution in [0, 0.1) is 19.9 Å². The van der Waals surface area contributed by atoms with Gasteiger partial charge in [0.05, 0.1) is 0 Å². The van der Waals surface area contributed by atoms with E-state index in [0.29, 0.717) is 9.12 Å². The first-order valence-electron chi connectivity index (χ1n) is 17.7. The molecule has 0 nitrogen and oxygen atoms in total. The standard InChI is InChI=1S/C21H25.C15H8F6.C10H15.2ClH.Zr/c1-20(2,3)16-9-7-14-11-15-8-10-17(21(4,5)6)13-19(15)18(14)12-16;16-14(17,18)12-5-1-3-10(8-12)7-11-4-2-6-13(9-11)15(19,20)21;1-7(2)10-6-8(3)5-9(10)4;;;/h7,9-10,12-13H,11H2,1-6H3;1-6,8-9H;5-7H,1-4H3;2*1H;/q-1;;-1;;;+2/p-2. The van der Waals surface area contributed by atoms with Crippen LogP contribution >= 0.6 is 0 Å². The summed E-state index contributed by atoms with van der Waals surface area (Å²) in [4.78, 5) is 0. The van der Waals surface area contributed by atoms with E-state index in [0.717, 1.165) is 54.9 Å². The largest absolute Gasteiger partial charge is 1.00 e. The van der Waals surface area contributed by atoms with Crippen molar-refractivity contribution in [3.05, 3.63) is 158 Å². The van der Waals surface area contributed by atoms with Gasteiger partial charge in [-0.3, -0.25) is 0 Å². The number of halogens is 8. The molecule has 9 heteroatoms. The van der Waals surface area contributed by atoms with Gasteiger partial charge in [-0.1, -0.05) is 110 Å². The van der Waals surface area contributed by atoms with Crippen molar-refractivity contribution in [2.75, 3.05) is 0 Å². The Morgan fingerprint density at radius 2 is 1.15 bits per heavy atom. The van der Waals surface area contributed by atoms with E-state index in [-0.39, 0.29) is 46.8 Å². The average Bonchev–Trinajstić information content (AvgIpc) is 3.61. The van der Waals surface area contributed by atoms with Crippen LogP contribution < -0.4 is 24.8 Å². The van der Waals surface area contributed by atoms with Gasteiger partial charge in [-0.15, -0.1) is 5.56 Å². The molecule has 5 aromatic rings. The average molecular weight is 877 g/mol. The molecule has 1 aliphatic rings. The van der Waals surface area contributed by atoms with E-state index in [1.165, 1.54) is 74.3 Å². The molecule has 0 heterocycles. The van der Waals surface area contributed by atoms with Crippen molar-refractivity contribution >= 4 is 3.21 Å². The van der Waals surface area contributed by atoms with Crippen LogP contribution in [0.4, 0.5) is 26.3 Å². The van der Waals surface area contributed by atoms with Gasteiger partial charge in [-0.2, -0.15) is 52.1 Å². The van der Waals surface area contributed by atoms with Gasteiger partial charge in [0.15, 0.2) is 0 Å². The molecule has 0 saturated carbocycles. The normalized spacial score (nSPS) is 12.3. The van der Waals surface area contributed by atoms with E-state index >= 15 is 0 Å². The van der Waals surface area contributed by atoms with E-state index in [4.69, 9.17) is 0 Å². The van der Waals surface area contributed by atoms with Crippen molar-refractivity contribution in [2.24, 2.45) is 0 Å². The van der Waals surface area contributed by atoms with Gasteiger partial charge in [0.2, 0.25) is 0 Å². The maximum atomic E-state index is 12.7. The zero-order chi connectivity index (χ0) is 39.7. The molecule has 294 valence electrons. The van der Waals surface area contributed by atoms with Crippen LogP contribution in [0.2, 0.25) is 0 Å². The Hall–Kier alpha value is -2.86. The fourth-order valence-corrected chi connectivity index (χ4v) is 7.07. The summed E-state index contributed by atoms with van der Waals surface area (Å²) in [5.41, 5.74) is 12.0. The van der Waals surface area contributed by atoms with Crippen LogP contribution in [0.3, 0.4) is 0 Å². The van der Waals surface area contributed by atoms with Crippen molar-refractivity contribution in [3.8, 4) is 11.1 Å². The third kappa shape index (κ3) is 12.6. The number of alkyl halides is 6. The number of hydrogen-bond donors (Lipinski definition) is 0. The van der Waals surface area contributed by atoms with Gasteiger partial charge in [0.1, 0.15) is 0 Å². The topological polar surface area (TPSA) is 0 Å². The molecule has 0 N–H and O–H groups in total. The molecule has 0 saturated heterocycles. The van der Waals surface area contributed by atoms with E-state index in [9.17, 15) is 26.3 Å². The molecule has 0 spiro atoms. The molecule has 0 bridgehead atoms. The third-order valence-corrected chi connectivity index (χ3v) is 10.8. The Morgan fingerprint density at radius 1 is 0.655 bits per heavy atom. The fourth-order valence-electron chi connectivity index (χ4n) is 6.30. The molecule has 0 unspecified atom stereocenters. The molecule has 0 aromatic heterocycles. The second-order valence-corrected chi connectivity index (χ2v) is 17.4. The molecule has 6 rings (SSSR count). The SMILES string of the molecule is CC(C)(C)c1c[c-]c2c(c1)-c1cc(C(C)(C)C)ccc1C2.Cc1cc(C(C)C)c(C)[cH-]1.FC(F)(F)c1cccc([C](=[Zr+2])c2cccc(C(F)(F)F)c2)c1.[Cl-].[Cl-]. The van der Waals surface area contributed by atoms with Crippen LogP contribution in [0.25, 0.3) is 11.1 Å². The summed E-state index contributed by atoms with van der Waals surface area (Å²) in [6.07, 6.45) is -7.94. The van der Waals surface area contributed by atoms with Crippen molar-refractivity contribution < 1.29 is 75.4 Å². The van der Waals surface area contributed by atoms with Crippen LogP contribution in [0.5, 0.6) is 0 Å². The summed E-state index contributed by atoms with van der Waals surface area (Å²) in [5, 5.41) is 0. The summed E-state index contributed by atoms with van der Waals surface area (Å²) in [6, 6.07) is 28.8. The zero-order valence-corrected chi connectivity index (χ0v) is 36.9. The number of rotatable bonds is 3. The van der Waals surface area contributed by atoms with Crippen molar-refractivity contribution in [2.45, 2.75) is 105 Å². The Kier molecular flexibility index (Phi) is 16.3. The molecule has 0 radical (unpaired) electrons. The molecular weight excluding hydrogens is 829 g/mol. The van der Waals surface area contributed by atoms with Gasteiger partial charge in [0, 0.05) is 0 Å². The third-order valence-electron chi connectivity index (χ3n) is 9.39. The predicted molar refractivity (Wildman–Crippen MR) is 203 cm³/mol. The first-order chi connectivity index (χ1) is 24.4. The molecule has 0 aliphatic heterocycles. The molecule has 0 amide bonds. The Balaban J connectivity index is 0.000000298. The molecule has 5 aromatic carbocycles. The minimum atomic E-state index is -4.49. The maximum absolute atomic E-state index is 12.7. The van der Waals surface area contributed by atoms with Crippen LogP contribution in [0.15, 0.2) is 91.0 Å². The van der Waals surface area contributed by atoms with Gasteiger partial charge in [-0.25, -0.2) is 6.07 Å². The first-order valence-corrected chi connectivity index (χ1v) is 19.0. The zero-order valence-electron chi connectivity index (χ0n) is 33.0. The number of benzene rings is 4. The van der Waals surface area contributed by atoms with Crippen LogP contribution in [-0.4, -0.2) is 3.21 Å². The summed E-state index contributed by atoms with van der Waals surface area (Å²) >= 11 is 0.729. The minimum Gasteiger partial charge on any atom is -1.00 e. The van der Waals surface area contributed by atoms with E-state index in [1.54, 1.807) is 0 Å². The Labute approximate surface area is 350 Å². The maximum Gasteiger partial charge on any atom is -1.00 e. The number of hydrogen-bond acceptors (Lipinski definition) is 0. The van der Waals surface area contributed by atoms with Crippen molar-refractivity contribution in [3.63, 3.8) is 0 Å². The molecule has 55 heavy (non-hydrogen) atoms. The van der Waals surface area contributed by atoms with E-state index in [2.05, 4.69) is 118 Å². The van der Waals surface area contributed by atoms with Crippen molar-refractivity contribution in [1.82, 2.24) is 0 Å². The second kappa shape index (κ2) is 18.6. The monoisotopic (exact) mass is 874 g/mol. The smallest absolute Gasteiger partial charge is 1.00 e. The van der Waals surface area contributed by atoms with Crippen LogP contribution in [-0.2, 0) is 53.8 Å². The predicted octanol–water partition coefficient (Wildman–Crippen LogP) is 7.65. The first kappa shape index (κ1) is 48.3. The molecule has 0 atom stereocenters. The summed E-state index contributed by atoms with van der Waals surface area (Å²) < 4.78 is 76.7. The second-order valence-electron chi connectivity index (χ2n) is 16.2. The molecular formula is C46H48Cl2F6Zr-2. The molecule has 0 fully saturated rings. The van der Waals surface area contributed by atoms with Gasteiger partial charge < -0.3 is 24.8 Å². The number of fused-ring (bicyclic) bond motifs is 3. The summed E-state index contributed by atoms with van der Waals surface area (Å²) in [7, 11) is 0. The van der Waals surface area contributed by atoms with E-state index < -0.39 is 23.5 Å². The van der Waals surface area contributed by atoms with Crippen LogP contribution in [0.1, 0.15) is 123 Å². The Bertz CT molecular complexity index is 1950.